The Kier molecular flexibility index (Phi) is 7.47. The number of halogens is 6. The third-order valence-electron chi connectivity index (χ3n) is 9.31. The summed E-state index contributed by atoms with van der Waals surface area (Å²) < 4.78 is 84.7. The number of benzene rings is 2. The van der Waals surface area contributed by atoms with E-state index in [1.807, 2.05) is 13.1 Å². The van der Waals surface area contributed by atoms with E-state index in [1.165, 1.54) is 15.9 Å². The standard InChI is InChI=1S/C31H30F6N6O/c1-41-18-39-40-27(41)13-29(11-20(12-29)14-38)21-4-2-6-23(10-21)43-17-25-24(28(43)44)8-19(9-26(25)31(35,36)37)15-42-7-3-5-22(16-42)30(32,33)34/h2,4,6,8-10,18,20,22H,3,5,7,11-13,15-17H2,1H3/t20-,22-,29-/m0/s1. The summed E-state index contributed by atoms with van der Waals surface area (Å²) in [6.45, 7) is -0.363. The van der Waals surface area contributed by atoms with E-state index in [2.05, 4.69) is 16.3 Å². The van der Waals surface area contributed by atoms with Crippen molar-refractivity contribution in [2.75, 3.05) is 18.0 Å². The second-order valence-electron chi connectivity index (χ2n) is 12.3. The summed E-state index contributed by atoms with van der Waals surface area (Å²) in [6.07, 6.45) is -5.62. The molecule has 0 unspecified atom stereocenters. The minimum absolute atomic E-state index is 0.0124. The van der Waals surface area contributed by atoms with Crippen LogP contribution in [0.4, 0.5) is 32.0 Å². The normalized spacial score (nSPS) is 24.2. The Labute approximate surface area is 250 Å². The fourth-order valence-electron chi connectivity index (χ4n) is 6.98. The molecule has 3 heterocycles. The predicted octanol–water partition coefficient (Wildman–Crippen LogP) is 6.18. The number of amides is 1. The Bertz CT molecular complexity index is 1620. The lowest BCUT2D eigenvalue weighted by atomic mass is 9.57. The average Bonchev–Trinajstić information content (AvgIpc) is 3.51. The number of piperidine rings is 1. The average molecular weight is 617 g/mol. The molecular formula is C31H30F6N6O. The van der Waals surface area contributed by atoms with Crippen molar-refractivity contribution in [3.63, 3.8) is 0 Å². The minimum Gasteiger partial charge on any atom is -0.321 e. The van der Waals surface area contributed by atoms with Gasteiger partial charge in [-0.25, -0.2) is 0 Å². The number of aryl methyl sites for hydroxylation is 1. The molecule has 0 radical (unpaired) electrons. The highest BCUT2D eigenvalue weighted by atomic mass is 19.4. The molecule has 2 fully saturated rings. The molecule has 6 rings (SSSR count). The van der Waals surface area contributed by atoms with Gasteiger partial charge in [0.2, 0.25) is 0 Å². The van der Waals surface area contributed by atoms with Gasteiger partial charge in [0.05, 0.1) is 24.1 Å². The molecular weight excluding hydrogens is 586 g/mol. The summed E-state index contributed by atoms with van der Waals surface area (Å²) in [7, 11) is 1.83. The van der Waals surface area contributed by atoms with Gasteiger partial charge in [-0.05, 0) is 73.2 Å². The maximum atomic E-state index is 14.3. The van der Waals surface area contributed by atoms with Crippen LogP contribution in [-0.2, 0) is 38.1 Å². The molecule has 7 nitrogen and oxygen atoms in total. The van der Waals surface area contributed by atoms with Crippen LogP contribution in [0.1, 0.15) is 64.1 Å². The number of aromatic nitrogens is 3. The van der Waals surface area contributed by atoms with E-state index < -0.39 is 35.2 Å². The fraction of sp³-hybridized carbons (Fsp3) is 0.484. The lowest BCUT2D eigenvalue weighted by Crippen LogP contribution is -2.43. The maximum absolute atomic E-state index is 14.3. The van der Waals surface area contributed by atoms with E-state index in [1.54, 1.807) is 29.1 Å². The molecule has 1 aromatic heterocycles. The van der Waals surface area contributed by atoms with E-state index in [4.69, 9.17) is 0 Å². The summed E-state index contributed by atoms with van der Waals surface area (Å²) in [6, 6.07) is 11.8. The molecule has 3 aliphatic rings. The van der Waals surface area contributed by atoms with Gasteiger partial charge in [-0.1, -0.05) is 12.1 Å². The first-order chi connectivity index (χ1) is 20.8. The van der Waals surface area contributed by atoms with E-state index in [-0.39, 0.29) is 55.1 Å². The molecule has 0 N–H and O–H groups in total. The van der Waals surface area contributed by atoms with Gasteiger partial charge < -0.3 is 9.47 Å². The summed E-state index contributed by atoms with van der Waals surface area (Å²) >= 11 is 0. The molecule has 2 aromatic carbocycles. The summed E-state index contributed by atoms with van der Waals surface area (Å²) in [4.78, 5) is 16.5. The van der Waals surface area contributed by atoms with Crippen LogP contribution in [0.2, 0.25) is 0 Å². The molecule has 1 saturated heterocycles. The largest absolute Gasteiger partial charge is 0.416 e. The van der Waals surface area contributed by atoms with Crippen molar-refractivity contribution in [3.05, 3.63) is 76.4 Å². The van der Waals surface area contributed by atoms with Crippen molar-refractivity contribution in [3.8, 4) is 6.07 Å². The first-order valence-electron chi connectivity index (χ1n) is 14.4. The molecule has 0 bridgehead atoms. The zero-order valence-corrected chi connectivity index (χ0v) is 23.9. The van der Waals surface area contributed by atoms with Gasteiger partial charge in [0.15, 0.2) is 0 Å². The van der Waals surface area contributed by atoms with Crippen LogP contribution in [0.5, 0.6) is 0 Å². The molecule has 232 valence electrons. The van der Waals surface area contributed by atoms with Crippen molar-refractivity contribution >= 4 is 11.6 Å². The van der Waals surface area contributed by atoms with Gasteiger partial charge in [-0.15, -0.1) is 10.2 Å². The number of hydrogen-bond acceptors (Lipinski definition) is 5. The number of likely N-dealkylation sites (tertiary alicyclic amines) is 1. The number of hydrogen-bond donors (Lipinski definition) is 0. The zero-order valence-electron chi connectivity index (χ0n) is 23.9. The number of alkyl halides is 6. The highest BCUT2D eigenvalue weighted by Crippen LogP contribution is 2.50. The molecule has 0 spiro atoms. The number of carbonyl (C=O) groups excluding carboxylic acids is 1. The van der Waals surface area contributed by atoms with E-state index >= 15 is 0 Å². The lowest BCUT2D eigenvalue weighted by molar-refractivity contribution is -0.187. The van der Waals surface area contributed by atoms with Crippen LogP contribution in [0, 0.1) is 23.2 Å². The predicted molar refractivity (Wildman–Crippen MR) is 147 cm³/mol. The van der Waals surface area contributed by atoms with Crippen LogP contribution in [0.3, 0.4) is 0 Å². The van der Waals surface area contributed by atoms with Gasteiger partial charge in [-0.3, -0.25) is 9.69 Å². The Morgan fingerprint density at radius 2 is 1.89 bits per heavy atom. The minimum atomic E-state index is -4.76. The Morgan fingerprint density at radius 1 is 1.11 bits per heavy atom. The Balaban J connectivity index is 1.30. The summed E-state index contributed by atoms with van der Waals surface area (Å²) in [5.74, 6) is -1.55. The van der Waals surface area contributed by atoms with Gasteiger partial charge >= 0.3 is 12.4 Å². The lowest BCUT2D eigenvalue weighted by Gasteiger charge is -2.45. The second-order valence-corrected chi connectivity index (χ2v) is 12.3. The summed E-state index contributed by atoms with van der Waals surface area (Å²) in [5.41, 5.74) is -0.190. The number of nitriles is 1. The highest BCUT2D eigenvalue weighted by molar-refractivity contribution is 6.10. The van der Waals surface area contributed by atoms with Crippen molar-refractivity contribution in [2.24, 2.45) is 18.9 Å². The first kappa shape index (κ1) is 30.1. The third kappa shape index (κ3) is 5.56. The molecule has 1 saturated carbocycles. The van der Waals surface area contributed by atoms with E-state index in [0.29, 0.717) is 31.5 Å². The molecule has 2 aliphatic heterocycles. The molecule has 44 heavy (non-hydrogen) atoms. The van der Waals surface area contributed by atoms with Crippen LogP contribution >= 0.6 is 0 Å². The topological polar surface area (TPSA) is 78.1 Å². The maximum Gasteiger partial charge on any atom is 0.416 e. The summed E-state index contributed by atoms with van der Waals surface area (Å²) in [5, 5.41) is 17.6. The van der Waals surface area contributed by atoms with Crippen molar-refractivity contribution in [1.29, 1.82) is 5.26 Å². The van der Waals surface area contributed by atoms with Crippen molar-refractivity contribution in [2.45, 2.75) is 63.0 Å². The van der Waals surface area contributed by atoms with Crippen LogP contribution < -0.4 is 4.90 Å². The number of nitrogens with zero attached hydrogens (tertiary/aromatic N) is 6. The third-order valence-corrected chi connectivity index (χ3v) is 9.31. The Hall–Kier alpha value is -3.92. The number of rotatable bonds is 6. The van der Waals surface area contributed by atoms with Crippen LogP contribution in [0.15, 0.2) is 42.7 Å². The smallest absolute Gasteiger partial charge is 0.321 e. The van der Waals surface area contributed by atoms with Crippen molar-refractivity contribution < 1.29 is 31.1 Å². The SMILES string of the molecule is Cn1cnnc1C[C@]1(c2cccc(N3Cc4c(cc(CN5CCC[C@H](C(F)(F)F)C5)cc4C(F)(F)F)C3=O)c2)C[C@H](C#N)C1. The number of carbonyl (C=O) groups is 1. The molecule has 1 aliphatic carbocycles. The van der Waals surface area contributed by atoms with Crippen molar-refractivity contribution in [1.82, 2.24) is 19.7 Å². The van der Waals surface area contributed by atoms with Gasteiger partial charge in [0.25, 0.3) is 5.91 Å². The molecule has 1 amide bonds. The van der Waals surface area contributed by atoms with Gasteiger partial charge in [0, 0.05) is 49.1 Å². The van der Waals surface area contributed by atoms with Gasteiger partial charge in [0.1, 0.15) is 12.2 Å². The number of anilines is 1. The van der Waals surface area contributed by atoms with Crippen LogP contribution in [0.25, 0.3) is 0 Å². The molecule has 1 atom stereocenters. The van der Waals surface area contributed by atoms with E-state index in [0.717, 1.165) is 17.5 Å². The second kappa shape index (κ2) is 10.9. The van der Waals surface area contributed by atoms with Gasteiger partial charge in [-0.2, -0.15) is 31.6 Å². The molecule has 3 aromatic rings. The Morgan fingerprint density at radius 3 is 2.55 bits per heavy atom. The quantitative estimate of drug-likeness (QED) is 0.309. The monoisotopic (exact) mass is 616 g/mol. The number of fused-ring (bicyclic) bond motifs is 1. The highest BCUT2D eigenvalue weighted by Gasteiger charge is 2.47. The molecule has 13 heteroatoms. The van der Waals surface area contributed by atoms with E-state index in [9.17, 15) is 36.4 Å². The zero-order chi connectivity index (χ0) is 31.4. The fourth-order valence-corrected chi connectivity index (χ4v) is 6.98. The van der Waals surface area contributed by atoms with Crippen LogP contribution in [-0.4, -0.2) is 44.8 Å². The first-order valence-corrected chi connectivity index (χ1v) is 14.4.